The Morgan fingerprint density at radius 1 is 1.33 bits per heavy atom. The average Bonchev–Trinajstić information content (AvgIpc) is 2.54. The summed E-state index contributed by atoms with van der Waals surface area (Å²) >= 11 is 0. The molecule has 0 bridgehead atoms. The van der Waals surface area contributed by atoms with Gasteiger partial charge in [-0.1, -0.05) is 31.2 Å². The van der Waals surface area contributed by atoms with E-state index in [4.69, 9.17) is 4.74 Å². The van der Waals surface area contributed by atoms with Crippen LogP contribution in [0.5, 0.6) is 0 Å². The maximum Gasteiger partial charge on any atom is 0.220 e. The number of amides is 1. The number of benzene rings is 1. The van der Waals surface area contributed by atoms with E-state index in [2.05, 4.69) is 36.6 Å². The normalized spacial score (nSPS) is 17.6. The van der Waals surface area contributed by atoms with Crippen molar-refractivity contribution in [1.82, 2.24) is 10.6 Å². The van der Waals surface area contributed by atoms with Crippen LogP contribution in [0.15, 0.2) is 24.3 Å². The van der Waals surface area contributed by atoms with E-state index in [0.717, 1.165) is 25.9 Å². The molecular formula is C19H31ClN2O2. The van der Waals surface area contributed by atoms with Crippen LogP contribution in [0.25, 0.3) is 0 Å². The Morgan fingerprint density at radius 2 is 2.00 bits per heavy atom. The summed E-state index contributed by atoms with van der Waals surface area (Å²) in [5.41, 5.74) is 2.60. The number of hydrogen-bond acceptors (Lipinski definition) is 3. The number of piperidine rings is 1. The van der Waals surface area contributed by atoms with E-state index >= 15 is 0 Å². The van der Waals surface area contributed by atoms with E-state index in [1.54, 1.807) is 7.11 Å². The van der Waals surface area contributed by atoms with Crippen LogP contribution in [0.1, 0.15) is 43.2 Å². The molecule has 0 spiro atoms. The molecular weight excluding hydrogens is 324 g/mol. The highest BCUT2D eigenvalue weighted by molar-refractivity contribution is 5.85. The fourth-order valence-electron chi connectivity index (χ4n) is 3.52. The van der Waals surface area contributed by atoms with Gasteiger partial charge < -0.3 is 15.4 Å². The third-order valence-electron chi connectivity index (χ3n) is 4.99. The molecule has 1 atom stereocenters. The smallest absolute Gasteiger partial charge is 0.220 e. The monoisotopic (exact) mass is 354 g/mol. The second kappa shape index (κ2) is 10.0. The molecule has 1 fully saturated rings. The number of ether oxygens (including phenoxy) is 1. The molecule has 0 radical (unpaired) electrons. The van der Waals surface area contributed by atoms with Crippen LogP contribution in [-0.4, -0.2) is 39.3 Å². The Labute approximate surface area is 152 Å². The van der Waals surface area contributed by atoms with Crippen molar-refractivity contribution in [1.29, 1.82) is 0 Å². The lowest BCUT2D eigenvalue weighted by atomic mass is 9.79. The SMILES string of the molecule is COCC1(CNC(=O)CC(C)c2ccccc2C)CCNCC1.Cl. The Morgan fingerprint density at radius 3 is 2.62 bits per heavy atom. The number of hydrogen-bond donors (Lipinski definition) is 2. The molecule has 1 aliphatic heterocycles. The van der Waals surface area contributed by atoms with Gasteiger partial charge in [0, 0.05) is 25.5 Å². The summed E-state index contributed by atoms with van der Waals surface area (Å²) < 4.78 is 5.40. The van der Waals surface area contributed by atoms with Gasteiger partial charge in [0.1, 0.15) is 0 Å². The van der Waals surface area contributed by atoms with E-state index < -0.39 is 0 Å². The van der Waals surface area contributed by atoms with Crippen LogP contribution in [0, 0.1) is 12.3 Å². The summed E-state index contributed by atoms with van der Waals surface area (Å²) in [6, 6.07) is 8.30. The molecule has 1 aliphatic rings. The molecule has 2 N–H and O–H groups in total. The van der Waals surface area contributed by atoms with Gasteiger partial charge in [0.05, 0.1) is 6.61 Å². The Bertz CT molecular complexity index is 510. The largest absolute Gasteiger partial charge is 0.384 e. The van der Waals surface area contributed by atoms with Crippen LogP contribution in [0.2, 0.25) is 0 Å². The van der Waals surface area contributed by atoms with Crippen molar-refractivity contribution in [3.63, 3.8) is 0 Å². The summed E-state index contributed by atoms with van der Waals surface area (Å²) in [7, 11) is 1.74. The lowest BCUT2D eigenvalue weighted by Crippen LogP contribution is -2.47. The van der Waals surface area contributed by atoms with Gasteiger partial charge in [0.2, 0.25) is 5.91 Å². The van der Waals surface area contributed by atoms with E-state index in [1.807, 2.05) is 12.1 Å². The van der Waals surface area contributed by atoms with Crippen molar-refractivity contribution in [2.24, 2.45) is 5.41 Å². The zero-order valence-corrected chi connectivity index (χ0v) is 15.9. The van der Waals surface area contributed by atoms with E-state index in [9.17, 15) is 4.79 Å². The van der Waals surface area contributed by atoms with Crippen molar-refractivity contribution in [3.05, 3.63) is 35.4 Å². The quantitative estimate of drug-likeness (QED) is 0.791. The maximum absolute atomic E-state index is 12.4. The second-order valence-corrected chi connectivity index (χ2v) is 6.92. The molecule has 24 heavy (non-hydrogen) atoms. The minimum absolute atomic E-state index is 0. The highest BCUT2D eigenvalue weighted by Crippen LogP contribution is 2.28. The third-order valence-corrected chi connectivity index (χ3v) is 4.99. The summed E-state index contributed by atoms with van der Waals surface area (Å²) in [4.78, 5) is 12.4. The molecule has 1 saturated heterocycles. The van der Waals surface area contributed by atoms with Crippen molar-refractivity contribution < 1.29 is 9.53 Å². The van der Waals surface area contributed by atoms with E-state index in [-0.39, 0.29) is 29.6 Å². The molecule has 1 heterocycles. The molecule has 0 aliphatic carbocycles. The van der Waals surface area contributed by atoms with Gasteiger partial charge in [-0.25, -0.2) is 0 Å². The lowest BCUT2D eigenvalue weighted by molar-refractivity contribution is -0.122. The highest BCUT2D eigenvalue weighted by Gasteiger charge is 2.32. The van der Waals surface area contributed by atoms with Crippen LogP contribution in [0.4, 0.5) is 0 Å². The van der Waals surface area contributed by atoms with Gasteiger partial charge in [-0.05, 0) is 49.9 Å². The molecule has 0 aromatic heterocycles. The highest BCUT2D eigenvalue weighted by atomic mass is 35.5. The van der Waals surface area contributed by atoms with Crippen LogP contribution < -0.4 is 10.6 Å². The standard InChI is InChI=1S/C19H30N2O2.ClH/c1-15-6-4-5-7-17(15)16(2)12-18(22)21-13-19(14-23-3)8-10-20-11-9-19;/h4-7,16,20H,8-14H2,1-3H3,(H,21,22);1H. The maximum atomic E-state index is 12.4. The van der Waals surface area contributed by atoms with E-state index in [1.165, 1.54) is 11.1 Å². The number of carbonyl (C=O) groups excluding carboxylic acids is 1. The molecule has 2 rings (SSSR count). The molecule has 136 valence electrons. The number of halogens is 1. The second-order valence-electron chi connectivity index (χ2n) is 6.92. The minimum Gasteiger partial charge on any atom is -0.384 e. The van der Waals surface area contributed by atoms with Crippen molar-refractivity contribution in [2.75, 3.05) is 33.4 Å². The van der Waals surface area contributed by atoms with Gasteiger partial charge in [-0.2, -0.15) is 0 Å². The Balaban J connectivity index is 0.00000288. The van der Waals surface area contributed by atoms with Gasteiger partial charge in [-0.3, -0.25) is 4.79 Å². The zero-order valence-electron chi connectivity index (χ0n) is 15.1. The molecule has 1 aromatic carbocycles. The average molecular weight is 355 g/mol. The van der Waals surface area contributed by atoms with Crippen molar-refractivity contribution >= 4 is 18.3 Å². The van der Waals surface area contributed by atoms with Gasteiger partial charge in [0.15, 0.2) is 0 Å². The summed E-state index contributed by atoms with van der Waals surface area (Å²) in [6.07, 6.45) is 2.63. The third kappa shape index (κ3) is 5.76. The molecule has 4 nitrogen and oxygen atoms in total. The Hall–Kier alpha value is -1.10. The van der Waals surface area contributed by atoms with Crippen LogP contribution in [-0.2, 0) is 9.53 Å². The first-order chi connectivity index (χ1) is 11.1. The predicted molar refractivity (Wildman–Crippen MR) is 101 cm³/mol. The first kappa shape index (κ1) is 20.9. The number of carbonyl (C=O) groups is 1. The topological polar surface area (TPSA) is 50.4 Å². The van der Waals surface area contributed by atoms with Crippen molar-refractivity contribution in [2.45, 2.75) is 39.0 Å². The minimum atomic E-state index is 0. The van der Waals surface area contributed by atoms with Gasteiger partial charge >= 0.3 is 0 Å². The molecule has 5 heteroatoms. The Kier molecular flexibility index (Phi) is 8.74. The van der Waals surface area contributed by atoms with Gasteiger partial charge in [-0.15, -0.1) is 12.4 Å². The predicted octanol–water partition coefficient (Wildman–Crippen LogP) is 3.04. The van der Waals surface area contributed by atoms with E-state index in [0.29, 0.717) is 19.6 Å². The first-order valence-electron chi connectivity index (χ1n) is 8.58. The molecule has 1 amide bonds. The number of methoxy groups -OCH3 is 1. The van der Waals surface area contributed by atoms with Crippen LogP contribution in [0.3, 0.4) is 0 Å². The van der Waals surface area contributed by atoms with Crippen molar-refractivity contribution in [3.8, 4) is 0 Å². The summed E-state index contributed by atoms with van der Waals surface area (Å²) in [5.74, 6) is 0.373. The molecule has 0 saturated carbocycles. The number of nitrogens with one attached hydrogen (secondary N) is 2. The number of rotatable bonds is 7. The van der Waals surface area contributed by atoms with Crippen LogP contribution >= 0.6 is 12.4 Å². The summed E-state index contributed by atoms with van der Waals surface area (Å²) in [5, 5.41) is 6.53. The first-order valence-corrected chi connectivity index (χ1v) is 8.58. The fourth-order valence-corrected chi connectivity index (χ4v) is 3.52. The lowest BCUT2D eigenvalue weighted by Gasteiger charge is -2.37. The fraction of sp³-hybridized carbons (Fsp3) is 0.632. The summed E-state index contributed by atoms with van der Waals surface area (Å²) in [6.45, 7) is 7.64. The van der Waals surface area contributed by atoms with Gasteiger partial charge in [0.25, 0.3) is 0 Å². The zero-order chi connectivity index (χ0) is 16.7. The molecule has 1 unspecified atom stereocenters. The number of aryl methyl sites for hydroxylation is 1. The molecule has 1 aromatic rings.